The van der Waals surface area contributed by atoms with E-state index in [2.05, 4.69) is 5.32 Å². The topological polar surface area (TPSA) is 75.7 Å². The molecule has 0 aromatic rings. The molecule has 1 unspecified atom stereocenters. The number of nitrogens with one attached hydrogen (secondary N) is 1. The molecule has 0 aromatic carbocycles. The molecule has 124 valence electrons. The molecule has 0 saturated carbocycles. The summed E-state index contributed by atoms with van der Waals surface area (Å²) in [5, 5.41) is 2.95. The lowest BCUT2D eigenvalue weighted by atomic mass is 10.1. The van der Waals surface area contributed by atoms with Gasteiger partial charge in [-0.05, 0) is 32.6 Å². The average molecular weight is 320 g/mol. The Balaban J connectivity index is 2.37. The van der Waals surface area contributed by atoms with Crippen molar-refractivity contribution in [1.82, 2.24) is 9.62 Å². The summed E-state index contributed by atoms with van der Waals surface area (Å²) >= 11 is 0. The smallest absolute Gasteiger partial charge is 0.249 e. The van der Waals surface area contributed by atoms with Crippen LogP contribution in [0, 0.1) is 5.92 Å². The van der Waals surface area contributed by atoms with Crippen molar-refractivity contribution in [3.8, 4) is 0 Å². The van der Waals surface area contributed by atoms with Gasteiger partial charge in [-0.1, -0.05) is 13.8 Å². The molecule has 1 aliphatic heterocycles. The number of piperidine rings is 1. The first-order valence-electron chi connectivity index (χ1n) is 7.66. The van der Waals surface area contributed by atoms with E-state index in [-0.39, 0.29) is 17.7 Å². The van der Waals surface area contributed by atoms with Crippen molar-refractivity contribution in [2.45, 2.75) is 52.7 Å². The minimum absolute atomic E-state index is 0.0332. The van der Waals surface area contributed by atoms with E-state index in [1.165, 1.54) is 4.31 Å². The molecule has 7 heteroatoms. The predicted molar refractivity (Wildman–Crippen MR) is 82.5 cm³/mol. The Morgan fingerprint density at radius 1 is 1.29 bits per heavy atom. The van der Waals surface area contributed by atoms with Gasteiger partial charge in [0.15, 0.2) is 0 Å². The van der Waals surface area contributed by atoms with Gasteiger partial charge in [0.1, 0.15) is 6.10 Å². The Labute approximate surface area is 128 Å². The summed E-state index contributed by atoms with van der Waals surface area (Å²) < 4.78 is 30.5. The number of carbonyl (C=O) groups excluding carboxylic acids is 1. The molecule has 1 saturated heterocycles. The minimum atomic E-state index is -3.11. The van der Waals surface area contributed by atoms with Crippen LogP contribution in [0.5, 0.6) is 0 Å². The first-order valence-corrected chi connectivity index (χ1v) is 9.27. The second-order valence-electron chi connectivity index (χ2n) is 5.95. The Hall–Kier alpha value is -0.660. The molecule has 21 heavy (non-hydrogen) atoms. The average Bonchev–Trinajstić information content (AvgIpc) is 2.45. The molecule has 6 nitrogen and oxygen atoms in total. The lowest BCUT2D eigenvalue weighted by Crippen LogP contribution is -2.49. The predicted octanol–water partition coefficient (Wildman–Crippen LogP) is 0.978. The Kier molecular flexibility index (Phi) is 7.09. The van der Waals surface area contributed by atoms with Crippen molar-refractivity contribution in [2.24, 2.45) is 5.92 Å². The largest absolute Gasteiger partial charge is 0.368 e. The number of sulfonamides is 1. The summed E-state index contributed by atoms with van der Waals surface area (Å²) in [7, 11) is -3.11. The molecule has 0 aliphatic carbocycles. The van der Waals surface area contributed by atoms with Crippen molar-refractivity contribution in [3.05, 3.63) is 0 Å². The second-order valence-corrected chi connectivity index (χ2v) is 8.21. The summed E-state index contributed by atoms with van der Waals surface area (Å²) in [6, 6.07) is 0.0332. The standard InChI is InChI=1S/C14H28N2O4S/c1-5-21(18,19)16-8-6-13(7-9-16)15-14(17)12(4)20-10-11(2)3/h11-13H,5-10H2,1-4H3,(H,15,17). The highest BCUT2D eigenvalue weighted by molar-refractivity contribution is 7.89. The van der Waals surface area contributed by atoms with Crippen LogP contribution in [0.4, 0.5) is 0 Å². The van der Waals surface area contributed by atoms with Gasteiger partial charge in [0.25, 0.3) is 0 Å². The van der Waals surface area contributed by atoms with Crippen LogP contribution < -0.4 is 5.32 Å². The zero-order valence-electron chi connectivity index (χ0n) is 13.5. The molecule has 1 amide bonds. The first-order chi connectivity index (χ1) is 9.76. The summed E-state index contributed by atoms with van der Waals surface area (Å²) in [5.41, 5.74) is 0. The fourth-order valence-corrected chi connectivity index (χ4v) is 3.32. The SMILES string of the molecule is CCS(=O)(=O)N1CCC(NC(=O)C(C)OCC(C)C)CC1. The van der Waals surface area contributed by atoms with Crippen molar-refractivity contribution in [3.63, 3.8) is 0 Å². The van der Waals surface area contributed by atoms with Gasteiger partial charge in [0.2, 0.25) is 15.9 Å². The number of carbonyl (C=O) groups is 1. The van der Waals surface area contributed by atoms with Crippen LogP contribution in [0.25, 0.3) is 0 Å². The first kappa shape index (κ1) is 18.4. The third-order valence-corrected chi connectivity index (χ3v) is 5.49. The molecule has 1 atom stereocenters. The Morgan fingerprint density at radius 2 is 1.86 bits per heavy atom. The molecule has 0 aromatic heterocycles. The molecule has 0 bridgehead atoms. The van der Waals surface area contributed by atoms with Gasteiger partial charge in [-0.15, -0.1) is 0 Å². The zero-order chi connectivity index (χ0) is 16.0. The summed E-state index contributed by atoms with van der Waals surface area (Å²) in [4.78, 5) is 12.0. The molecular formula is C14H28N2O4S. The molecular weight excluding hydrogens is 292 g/mol. The normalized spacial score (nSPS) is 19.7. The van der Waals surface area contributed by atoms with E-state index < -0.39 is 16.1 Å². The quantitative estimate of drug-likeness (QED) is 0.758. The van der Waals surface area contributed by atoms with Gasteiger partial charge in [-0.2, -0.15) is 0 Å². The van der Waals surface area contributed by atoms with E-state index in [0.29, 0.717) is 38.5 Å². The highest BCUT2D eigenvalue weighted by Gasteiger charge is 2.28. The fraction of sp³-hybridized carbons (Fsp3) is 0.929. The van der Waals surface area contributed by atoms with Crippen molar-refractivity contribution in [1.29, 1.82) is 0 Å². The molecule has 1 fully saturated rings. The van der Waals surface area contributed by atoms with E-state index in [1.54, 1.807) is 13.8 Å². The van der Waals surface area contributed by atoms with Crippen molar-refractivity contribution in [2.75, 3.05) is 25.4 Å². The monoisotopic (exact) mass is 320 g/mol. The summed E-state index contributed by atoms with van der Waals surface area (Å²) in [6.45, 7) is 8.97. The van der Waals surface area contributed by atoms with E-state index in [9.17, 15) is 13.2 Å². The number of rotatable bonds is 7. The maximum Gasteiger partial charge on any atom is 0.249 e. The maximum atomic E-state index is 12.0. The van der Waals surface area contributed by atoms with Crippen LogP contribution in [0.1, 0.15) is 40.5 Å². The number of nitrogens with zero attached hydrogens (tertiary/aromatic N) is 1. The lowest BCUT2D eigenvalue weighted by Gasteiger charge is -2.31. The molecule has 1 N–H and O–H groups in total. The van der Waals surface area contributed by atoms with Gasteiger partial charge in [-0.3, -0.25) is 4.79 Å². The van der Waals surface area contributed by atoms with E-state index in [4.69, 9.17) is 4.74 Å². The number of hydrogen-bond acceptors (Lipinski definition) is 4. The van der Waals surface area contributed by atoms with Gasteiger partial charge < -0.3 is 10.1 Å². The van der Waals surface area contributed by atoms with Gasteiger partial charge >= 0.3 is 0 Å². The van der Waals surface area contributed by atoms with Gasteiger partial charge in [-0.25, -0.2) is 12.7 Å². The van der Waals surface area contributed by atoms with Crippen molar-refractivity contribution < 1.29 is 17.9 Å². The van der Waals surface area contributed by atoms with Gasteiger partial charge in [0.05, 0.1) is 5.75 Å². The summed E-state index contributed by atoms with van der Waals surface area (Å²) in [6.07, 6.45) is 0.841. The molecule has 1 rings (SSSR count). The van der Waals surface area contributed by atoms with E-state index in [1.807, 2.05) is 13.8 Å². The minimum Gasteiger partial charge on any atom is -0.368 e. The Bertz CT molecular complexity index is 428. The zero-order valence-corrected chi connectivity index (χ0v) is 14.3. The Morgan fingerprint density at radius 3 is 2.33 bits per heavy atom. The second kappa shape index (κ2) is 8.10. The number of hydrogen-bond donors (Lipinski definition) is 1. The molecule has 0 spiro atoms. The van der Waals surface area contributed by atoms with E-state index in [0.717, 1.165) is 0 Å². The highest BCUT2D eigenvalue weighted by atomic mass is 32.2. The maximum absolute atomic E-state index is 12.0. The third kappa shape index (κ3) is 5.92. The molecule has 1 aliphatic rings. The summed E-state index contributed by atoms with van der Waals surface area (Å²) in [5.74, 6) is 0.402. The van der Waals surface area contributed by atoms with Crippen LogP contribution in [-0.4, -0.2) is 56.2 Å². The van der Waals surface area contributed by atoms with E-state index >= 15 is 0 Å². The fourth-order valence-electron chi connectivity index (χ4n) is 2.19. The highest BCUT2D eigenvalue weighted by Crippen LogP contribution is 2.14. The van der Waals surface area contributed by atoms with Crippen LogP contribution in [-0.2, 0) is 19.6 Å². The molecule has 1 heterocycles. The van der Waals surface area contributed by atoms with Crippen LogP contribution in [0.3, 0.4) is 0 Å². The third-order valence-electron chi connectivity index (χ3n) is 3.61. The van der Waals surface area contributed by atoms with Crippen molar-refractivity contribution >= 4 is 15.9 Å². The van der Waals surface area contributed by atoms with Gasteiger partial charge in [0, 0.05) is 25.7 Å². The van der Waals surface area contributed by atoms with Crippen LogP contribution in [0.2, 0.25) is 0 Å². The number of amides is 1. The number of ether oxygens (including phenoxy) is 1. The molecule has 0 radical (unpaired) electrons. The van der Waals surface area contributed by atoms with Crippen LogP contribution >= 0.6 is 0 Å². The lowest BCUT2D eigenvalue weighted by molar-refractivity contribution is -0.133. The van der Waals surface area contributed by atoms with Crippen LogP contribution in [0.15, 0.2) is 0 Å².